The number of aromatic nitrogens is 3. The third-order valence-electron chi connectivity index (χ3n) is 5.80. The number of amides is 3. The molecule has 1 aliphatic carbocycles. The van der Waals surface area contributed by atoms with Gasteiger partial charge in [0, 0.05) is 29.4 Å². The largest absolute Gasteiger partial charge is 0.454 e. The lowest BCUT2D eigenvalue weighted by atomic mass is 10.1. The molecule has 1 saturated carbocycles. The van der Waals surface area contributed by atoms with E-state index in [4.69, 9.17) is 22.1 Å². The van der Waals surface area contributed by atoms with Crippen molar-refractivity contribution >= 4 is 46.9 Å². The summed E-state index contributed by atoms with van der Waals surface area (Å²) in [7, 11) is 0. The molecule has 1 heterocycles. The summed E-state index contributed by atoms with van der Waals surface area (Å²) in [5.74, 6) is -2.62. The molecule has 0 unspecified atom stereocenters. The maximum Gasteiger partial charge on any atom is 0.422 e. The Bertz CT molecular complexity index is 1420. The van der Waals surface area contributed by atoms with Crippen LogP contribution in [0.3, 0.4) is 0 Å². The quantitative estimate of drug-likeness (QED) is 0.166. The lowest BCUT2D eigenvalue weighted by Crippen LogP contribution is -2.40. The van der Waals surface area contributed by atoms with Crippen LogP contribution in [0.1, 0.15) is 28.8 Å². The number of anilines is 3. The van der Waals surface area contributed by atoms with Crippen LogP contribution in [-0.4, -0.2) is 58.5 Å². The Balaban J connectivity index is 1.45. The molecule has 216 valence electrons. The van der Waals surface area contributed by atoms with E-state index < -0.39 is 42.1 Å². The Labute approximate surface area is 236 Å². The molecule has 0 spiro atoms. The molecule has 16 heteroatoms. The predicted molar refractivity (Wildman–Crippen MR) is 142 cm³/mol. The van der Waals surface area contributed by atoms with Crippen LogP contribution < -0.4 is 31.7 Å². The van der Waals surface area contributed by atoms with Crippen molar-refractivity contribution in [3.63, 3.8) is 0 Å². The lowest BCUT2D eigenvalue weighted by molar-refractivity contribution is -0.154. The minimum absolute atomic E-state index is 0.000943. The maximum absolute atomic E-state index is 12.8. The van der Waals surface area contributed by atoms with Gasteiger partial charge in [0.25, 0.3) is 5.91 Å². The number of nitrogens with zero attached hydrogens (tertiary/aromatic N) is 3. The average Bonchev–Trinajstić information content (AvgIpc) is 3.70. The second kappa shape index (κ2) is 12.2. The number of benzene rings is 2. The van der Waals surface area contributed by atoms with Gasteiger partial charge in [0.2, 0.25) is 11.9 Å². The second-order valence-corrected chi connectivity index (χ2v) is 9.40. The molecular formula is C25H24ClF3N8O4. The van der Waals surface area contributed by atoms with Crippen LogP contribution in [-0.2, 0) is 15.1 Å². The summed E-state index contributed by atoms with van der Waals surface area (Å²) in [6.07, 6.45) is -3.12. The number of rotatable bonds is 11. The Kier molecular flexibility index (Phi) is 8.76. The standard InChI is InChI=1S/C25H24ClF3N8O4/c26-16-5-3-15(4-6-16)24(9-10-24)37-22-34-21(35-23(36-22)41-13-25(27,28)29)33-17-7-1-14(2-8-17)19(39)31-11-12-32-20(40)18(30)38/h1-8H,9-13H2,(H2,30,38)(H,31,39)(H,32,40)(H2,33,34,35,36,37). The lowest BCUT2D eigenvalue weighted by Gasteiger charge is -2.19. The number of hydrogen-bond acceptors (Lipinski definition) is 9. The van der Waals surface area contributed by atoms with Crippen molar-refractivity contribution in [3.8, 4) is 6.01 Å². The van der Waals surface area contributed by atoms with Crippen LogP contribution >= 0.6 is 11.6 Å². The highest BCUT2D eigenvalue weighted by Crippen LogP contribution is 2.48. The van der Waals surface area contributed by atoms with E-state index in [0.717, 1.165) is 18.4 Å². The van der Waals surface area contributed by atoms with Crippen molar-refractivity contribution in [2.75, 3.05) is 30.3 Å². The van der Waals surface area contributed by atoms with E-state index in [-0.39, 0.29) is 30.5 Å². The highest BCUT2D eigenvalue weighted by atomic mass is 35.5. The number of carbonyl (C=O) groups excluding carboxylic acids is 3. The fourth-order valence-electron chi connectivity index (χ4n) is 3.65. The molecule has 1 aromatic heterocycles. The van der Waals surface area contributed by atoms with Gasteiger partial charge in [0.15, 0.2) is 6.61 Å². The number of halogens is 4. The van der Waals surface area contributed by atoms with Crippen LogP contribution in [0, 0.1) is 0 Å². The summed E-state index contributed by atoms with van der Waals surface area (Å²) in [6, 6.07) is 12.7. The zero-order valence-corrected chi connectivity index (χ0v) is 22.0. The number of alkyl halides is 3. The summed E-state index contributed by atoms with van der Waals surface area (Å²) >= 11 is 5.99. The molecule has 4 rings (SSSR count). The van der Waals surface area contributed by atoms with E-state index in [2.05, 4.69) is 36.2 Å². The Hall–Kier alpha value is -4.66. The number of ether oxygens (including phenoxy) is 1. The molecule has 0 radical (unpaired) electrons. The smallest absolute Gasteiger partial charge is 0.422 e. The first-order valence-electron chi connectivity index (χ1n) is 12.2. The number of nitrogens with two attached hydrogens (primary N) is 1. The van der Waals surface area contributed by atoms with Crippen molar-refractivity contribution in [2.45, 2.75) is 24.6 Å². The van der Waals surface area contributed by atoms with E-state index in [0.29, 0.717) is 10.7 Å². The van der Waals surface area contributed by atoms with Gasteiger partial charge in [-0.25, -0.2) is 0 Å². The first-order valence-corrected chi connectivity index (χ1v) is 12.5. The Morgan fingerprint density at radius 2 is 1.56 bits per heavy atom. The maximum atomic E-state index is 12.8. The highest BCUT2D eigenvalue weighted by molar-refractivity contribution is 6.34. The van der Waals surface area contributed by atoms with Gasteiger partial charge in [-0.05, 0) is 54.8 Å². The number of carbonyl (C=O) groups is 3. The summed E-state index contributed by atoms with van der Waals surface area (Å²) < 4.78 is 43.1. The minimum Gasteiger partial charge on any atom is -0.454 e. The topological polar surface area (TPSA) is 173 Å². The number of nitrogens with one attached hydrogen (secondary N) is 4. The van der Waals surface area contributed by atoms with Crippen molar-refractivity contribution < 1.29 is 32.3 Å². The Morgan fingerprint density at radius 3 is 2.17 bits per heavy atom. The minimum atomic E-state index is -4.60. The summed E-state index contributed by atoms with van der Waals surface area (Å²) in [6.45, 7) is -1.54. The summed E-state index contributed by atoms with van der Waals surface area (Å²) in [5.41, 5.74) is 5.94. The second-order valence-electron chi connectivity index (χ2n) is 8.96. The molecule has 0 saturated heterocycles. The van der Waals surface area contributed by atoms with Gasteiger partial charge in [-0.15, -0.1) is 0 Å². The number of hydrogen-bond donors (Lipinski definition) is 5. The van der Waals surface area contributed by atoms with Crippen molar-refractivity contribution in [1.29, 1.82) is 0 Å². The molecule has 0 bridgehead atoms. The highest BCUT2D eigenvalue weighted by Gasteiger charge is 2.45. The van der Waals surface area contributed by atoms with Gasteiger partial charge < -0.3 is 31.7 Å². The average molecular weight is 593 g/mol. The van der Waals surface area contributed by atoms with Crippen LogP contribution in [0.25, 0.3) is 0 Å². The molecular weight excluding hydrogens is 569 g/mol. The fraction of sp³-hybridized carbons (Fsp3) is 0.280. The van der Waals surface area contributed by atoms with Gasteiger partial charge >= 0.3 is 24.0 Å². The Morgan fingerprint density at radius 1 is 0.927 bits per heavy atom. The third-order valence-corrected chi connectivity index (χ3v) is 6.05. The van der Waals surface area contributed by atoms with Crippen LogP contribution in [0.2, 0.25) is 5.02 Å². The van der Waals surface area contributed by atoms with Crippen LogP contribution in [0.5, 0.6) is 6.01 Å². The third kappa shape index (κ3) is 8.41. The number of primary amides is 1. The zero-order chi connectivity index (χ0) is 29.6. The molecule has 12 nitrogen and oxygen atoms in total. The SMILES string of the molecule is NC(=O)C(=O)NCCNC(=O)c1ccc(Nc2nc(NC3(c4ccc(Cl)cc4)CC3)nc(OCC(F)(F)F)n2)cc1. The van der Waals surface area contributed by atoms with E-state index in [1.165, 1.54) is 24.3 Å². The molecule has 1 aliphatic rings. The fourth-order valence-corrected chi connectivity index (χ4v) is 3.77. The molecule has 3 amide bonds. The molecule has 3 aromatic rings. The molecule has 41 heavy (non-hydrogen) atoms. The van der Waals surface area contributed by atoms with E-state index in [1.807, 2.05) is 12.1 Å². The summed E-state index contributed by atoms with van der Waals surface area (Å²) in [5, 5.41) is 11.4. The zero-order valence-electron chi connectivity index (χ0n) is 21.2. The first kappa shape index (κ1) is 29.3. The van der Waals surface area contributed by atoms with E-state index in [9.17, 15) is 27.6 Å². The van der Waals surface area contributed by atoms with Crippen molar-refractivity contribution in [3.05, 3.63) is 64.7 Å². The molecule has 2 aromatic carbocycles. The van der Waals surface area contributed by atoms with Crippen LogP contribution in [0.4, 0.5) is 30.8 Å². The first-order chi connectivity index (χ1) is 19.4. The van der Waals surface area contributed by atoms with E-state index >= 15 is 0 Å². The molecule has 6 N–H and O–H groups in total. The van der Waals surface area contributed by atoms with Crippen molar-refractivity contribution in [2.24, 2.45) is 5.73 Å². The van der Waals surface area contributed by atoms with Gasteiger partial charge in [-0.1, -0.05) is 23.7 Å². The van der Waals surface area contributed by atoms with Crippen molar-refractivity contribution in [1.82, 2.24) is 25.6 Å². The summed E-state index contributed by atoms with van der Waals surface area (Å²) in [4.78, 5) is 46.4. The monoisotopic (exact) mass is 592 g/mol. The van der Waals surface area contributed by atoms with Gasteiger partial charge in [-0.3, -0.25) is 14.4 Å². The van der Waals surface area contributed by atoms with Crippen LogP contribution in [0.15, 0.2) is 48.5 Å². The normalized spacial score (nSPS) is 13.6. The van der Waals surface area contributed by atoms with Gasteiger partial charge in [-0.2, -0.15) is 28.1 Å². The van der Waals surface area contributed by atoms with Gasteiger partial charge in [0.1, 0.15) is 0 Å². The predicted octanol–water partition coefficient (Wildman–Crippen LogP) is 2.64. The molecule has 0 atom stereocenters. The van der Waals surface area contributed by atoms with E-state index in [1.54, 1.807) is 12.1 Å². The van der Waals surface area contributed by atoms with Gasteiger partial charge in [0.05, 0.1) is 5.54 Å². The molecule has 1 fully saturated rings. The molecule has 0 aliphatic heterocycles.